The lowest BCUT2D eigenvalue weighted by molar-refractivity contribution is -0.139. The van der Waals surface area contributed by atoms with Crippen LogP contribution < -0.4 is 5.32 Å². The topological polar surface area (TPSA) is 55.9 Å². The average molecular weight is 467 g/mol. The highest BCUT2D eigenvalue weighted by Crippen LogP contribution is 2.22. The summed E-state index contributed by atoms with van der Waals surface area (Å²) in [4.78, 5) is 32.1. The molecule has 182 valence electrons. The van der Waals surface area contributed by atoms with Crippen LogP contribution in [0, 0.1) is 11.7 Å². The van der Waals surface area contributed by atoms with Crippen LogP contribution in [0.25, 0.3) is 0 Å². The molecule has 0 spiro atoms. The number of carbonyl (C=O) groups is 2. The Morgan fingerprint density at radius 2 is 1.79 bits per heavy atom. The van der Waals surface area contributed by atoms with Crippen molar-refractivity contribution in [1.29, 1.82) is 0 Å². The van der Waals surface area contributed by atoms with Gasteiger partial charge in [-0.05, 0) is 55.1 Å². The number of hydrogen-bond donors (Lipinski definition) is 1. The van der Waals surface area contributed by atoms with E-state index in [0.29, 0.717) is 39.3 Å². The normalized spacial score (nSPS) is 19.7. The van der Waals surface area contributed by atoms with Gasteiger partial charge in [0.15, 0.2) is 0 Å². The predicted octanol–water partition coefficient (Wildman–Crippen LogP) is 3.38. The standard InChI is InChI=1S/C27H35FN4O2/c1-2-22-8-3-4-11-25(22)29-26(33)20-30-13-15-32(16-14-30)27(34)23-9-6-12-31(19-23)18-21-7-5-10-24(28)17-21/h3-5,7-8,10-11,17,23H,2,6,9,12-16,18-20H2,1H3,(H,29,33). The van der Waals surface area contributed by atoms with E-state index in [2.05, 4.69) is 22.0 Å². The van der Waals surface area contributed by atoms with E-state index in [1.165, 1.54) is 6.07 Å². The Labute approximate surface area is 201 Å². The van der Waals surface area contributed by atoms with Gasteiger partial charge in [-0.25, -0.2) is 4.39 Å². The van der Waals surface area contributed by atoms with Crippen molar-refractivity contribution in [2.24, 2.45) is 5.92 Å². The summed E-state index contributed by atoms with van der Waals surface area (Å²) in [6.07, 6.45) is 2.75. The molecule has 1 N–H and O–H groups in total. The summed E-state index contributed by atoms with van der Waals surface area (Å²) in [7, 11) is 0. The van der Waals surface area contributed by atoms with Crippen LogP contribution in [0.3, 0.4) is 0 Å². The van der Waals surface area contributed by atoms with Crippen molar-refractivity contribution in [3.8, 4) is 0 Å². The smallest absolute Gasteiger partial charge is 0.238 e. The first-order valence-corrected chi connectivity index (χ1v) is 12.4. The van der Waals surface area contributed by atoms with Gasteiger partial charge in [0, 0.05) is 45.0 Å². The molecule has 2 aliphatic heterocycles. The largest absolute Gasteiger partial charge is 0.340 e. The number of likely N-dealkylation sites (tertiary alicyclic amines) is 1. The Morgan fingerprint density at radius 1 is 1.00 bits per heavy atom. The zero-order valence-electron chi connectivity index (χ0n) is 20.0. The second-order valence-electron chi connectivity index (χ2n) is 9.36. The minimum absolute atomic E-state index is 0.0114. The minimum atomic E-state index is -0.219. The van der Waals surface area contributed by atoms with Gasteiger partial charge < -0.3 is 10.2 Å². The number of para-hydroxylation sites is 1. The molecule has 2 fully saturated rings. The molecule has 2 aromatic carbocycles. The lowest BCUT2D eigenvalue weighted by atomic mass is 9.95. The van der Waals surface area contributed by atoms with E-state index in [1.807, 2.05) is 35.2 Å². The Morgan fingerprint density at radius 3 is 2.56 bits per heavy atom. The summed E-state index contributed by atoms with van der Waals surface area (Å²) < 4.78 is 13.5. The Hall–Kier alpha value is -2.77. The van der Waals surface area contributed by atoms with E-state index >= 15 is 0 Å². The molecular formula is C27H35FN4O2. The Kier molecular flexibility index (Phi) is 8.29. The van der Waals surface area contributed by atoms with Gasteiger partial charge in [-0.3, -0.25) is 19.4 Å². The van der Waals surface area contributed by atoms with Crippen LogP contribution in [0.1, 0.15) is 30.9 Å². The number of halogens is 1. The number of hydrogen-bond acceptors (Lipinski definition) is 4. The van der Waals surface area contributed by atoms with Crippen LogP contribution in [0.15, 0.2) is 48.5 Å². The lowest BCUT2D eigenvalue weighted by Gasteiger charge is -2.39. The van der Waals surface area contributed by atoms with E-state index < -0.39 is 0 Å². The molecule has 1 atom stereocenters. The Bertz CT molecular complexity index is 990. The number of amides is 2. The highest BCUT2D eigenvalue weighted by atomic mass is 19.1. The molecule has 0 saturated carbocycles. The predicted molar refractivity (Wildman–Crippen MR) is 132 cm³/mol. The summed E-state index contributed by atoms with van der Waals surface area (Å²) in [6, 6.07) is 14.6. The monoisotopic (exact) mass is 466 g/mol. The quantitative estimate of drug-likeness (QED) is 0.680. The minimum Gasteiger partial charge on any atom is -0.340 e. The van der Waals surface area contributed by atoms with Gasteiger partial charge in [0.1, 0.15) is 5.82 Å². The molecule has 34 heavy (non-hydrogen) atoms. The molecule has 4 rings (SSSR count). The lowest BCUT2D eigenvalue weighted by Crippen LogP contribution is -2.53. The molecule has 1 unspecified atom stereocenters. The van der Waals surface area contributed by atoms with Gasteiger partial charge in [-0.1, -0.05) is 37.3 Å². The highest BCUT2D eigenvalue weighted by molar-refractivity contribution is 5.93. The van der Waals surface area contributed by atoms with E-state index in [-0.39, 0.29) is 23.5 Å². The number of carbonyl (C=O) groups excluding carboxylic acids is 2. The van der Waals surface area contributed by atoms with Crippen LogP contribution in [-0.4, -0.2) is 72.3 Å². The highest BCUT2D eigenvalue weighted by Gasteiger charge is 2.31. The van der Waals surface area contributed by atoms with Crippen LogP contribution in [0.5, 0.6) is 0 Å². The number of rotatable bonds is 7. The fraction of sp³-hybridized carbons (Fsp3) is 0.481. The van der Waals surface area contributed by atoms with Crippen molar-refractivity contribution < 1.29 is 14.0 Å². The summed E-state index contributed by atoms with van der Waals surface area (Å²) in [6.45, 7) is 7.45. The van der Waals surface area contributed by atoms with Gasteiger partial charge in [-0.15, -0.1) is 0 Å². The maximum Gasteiger partial charge on any atom is 0.238 e. The van der Waals surface area contributed by atoms with Crippen LogP contribution >= 0.6 is 0 Å². The van der Waals surface area contributed by atoms with E-state index in [4.69, 9.17) is 0 Å². The van der Waals surface area contributed by atoms with Crippen molar-refractivity contribution in [3.63, 3.8) is 0 Å². The molecule has 2 heterocycles. The molecule has 6 nitrogen and oxygen atoms in total. The number of nitrogens with zero attached hydrogens (tertiary/aromatic N) is 3. The van der Waals surface area contributed by atoms with Gasteiger partial charge in [-0.2, -0.15) is 0 Å². The second-order valence-corrected chi connectivity index (χ2v) is 9.36. The third-order valence-corrected chi connectivity index (χ3v) is 6.87. The molecule has 0 radical (unpaired) electrons. The van der Waals surface area contributed by atoms with E-state index in [9.17, 15) is 14.0 Å². The molecule has 7 heteroatoms. The number of piperidine rings is 1. The molecular weight excluding hydrogens is 431 g/mol. The van der Waals surface area contributed by atoms with Crippen LogP contribution in [-0.2, 0) is 22.6 Å². The molecule has 0 aromatic heterocycles. The summed E-state index contributed by atoms with van der Waals surface area (Å²) in [5.41, 5.74) is 2.95. The first-order valence-electron chi connectivity index (χ1n) is 12.4. The third-order valence-electron chi connectivity index (χ3n) is 6.87. The van der Waals surface area contributed by atoms with Gasteiger partial charge in [0.2, 0.25) is 11.8 Å². The van der Waals surface area contributed by atoms with E-state index in [1.54, 1.807) is 12.1 Å². The summed E-state index contributed by atoms with van der Waals surface area (Å²) >= 11 is 0. The van der Waals surface area contributed by atoms with Crippen LogP contribution in [0.4, 0.5) is 10.1 Å². The zero-order valence-corrected chi connectivity index (χ0v) is 20.0. The van der Waals surface area contributed by atoms with Crippen LogP contribution in [0.2, 0.25) is 0 Å². The van der Waals surface area contributed by atoms with Crippen molar-refractivity contribution in [1.82, 2.24) is 14.7 Å². The number of piperazine rings is 1. The third kappa shape index (κ3) is 6.42. The fourth-order valence-electron chi connectivity index (χ4n) is 5.02. The maximum atomic E-state index is 13.5. The SMILES string of the molecule is CCc1ccccc1NC(=O)CN1CCN(C(=O)C2CCCN(Cc3cccc(F)c3)C2)CC1. The Balaban J connectivity index is 1.23. The molecule has 2 aliphatic rings. The fourth-order valence-corrected chi connectivity index (χ4v) is 5.02. The molecule has 2 aromatic rings. The summed E-state index contributed by atoms with van der Waals surface area (Å²) in [5.74, 6) is -0.0307. The zero-order chi connectivity index (χ0) is 23.9. The van der Waals surface area contributed by atoms with Gasteiger partial charge in [0.25, 0.3) is 0 Å². The van der Waals surface area contributed by atoms with Crippen molar-refractivity contribution in [2.75, 3.05) is 51.1 Å². The molecule has 2 saturated heterocycles. The summed E-state index contributed by atoms with van der Waals surface area (Å²) in [5, 5.41) is 3.03. The average Bonchev–Trinajstić information content (AvgIpc) is 2.84. The maximum absolute atomic E-state index is 13.5. The van der Waals surface area contributed by atoms with Gasteiger partial charge in [0.05, 0.1) is 12.5 Å². The van der Waals surface area contributed by atoms with Gasteiger partial charge >= 0.3 is 0 Å². The number of benzene rings is 2. The molecule has 0 aliphatic carbocycles. The number of anilines is 1. The number of nitrogens with one attached hydrogen (secondary N) is 1. The van der Waals surface area contributed by atoms with Crippen molar-refractivity contribution in [3.05, 3.63) is 65.5 Å². The molecule has 2 amide bonds. The van der Waals surface area contributed by atoms with E-state index in [0.717, 1.165) is 49.2 Å². The van der Waals surface area contributed by atoms with Crippen molar-refractivity contribution >= 4 is 17.5 Å². The first kappa shape index (κ1) is 24.4. The first-order chi connectivity index (χ1) is 16.5. The molecule has 0 bridgehead atoms. The van der Waals surface area contributed by atoms with Crippen molar-refractivity contribution in [2.45, 2.75) is 32.7 Å². The second kappa shape index (κ2) is 11.6. The number of aryl methyl sites for hydroxylation is 1.